The van der Waals surface area contributed by atoms with E-state index in [0.717, 1.165) is 11.1 Å². The van der Waals surface area contributed by atoms with Crippen molar-refractivity contribution in [2.24, 2.45) is 10.7 Å². The van der Waals surface area contributed by atoms with Crippen molar-refractivity contribution >= 4 is 11.6 Å². The molecule has 0 saturated carbocycles. The summed E-state index contributed by atoms with van der Waals surface area (Å²) in [6, 6.07) is 17.7. The number of aliphatic imine (C=N–C) groups is 1. The summed E-state index contributed by atoms with van der Waals surface area (Å²) in [6.45, 7) is 0. The zero-order chi connectivity index (χ0) is 12.8. The molecular formula is C14H12N4. The van der Waals surface area contributed by atoms with Gasteiger partial charge in [0.05, 0.1) is 5.69 Å². The maximum absolute atomic E-state index is 8.39. The third kappa shape index (κ3) is 2.86. The fourth-order valence-electron chi connectivity index (χ4n) is 1.58. The van der Waals surface area contributed by atoms with Crippen molar-refractivity contribution < 1.29 is 0 Å². The smallest absolute Gasteiger partial charge is 0.207 e. The van der Waals surface area contributed by atoms with Gasteiger partial charge in [0, 0.05) is 0 Å². The Labute approximate surface area is 105 Å². The van der Waals surface area contributed by atoms with Gasteiger partial charge >= 0.3 is 0 Å². The summed E-state index contributed by atoms with van der Waals surface area (Å²) in [5.41, 5.74) is 8.45. The molecule has 0 aromatic heterocycles. The summed E-state index contributed by atoms with van der Waals surface area (Å²) < 4.78 is 0. The molecule has 0 amide bonds. The van der Waals surface area contributed by atoms with Gasteiger partial charge in [-0.1, -0.05) is 42.5 Å². The molecular weight excluding hydrogens is 224 g/mol. The van der Waals surface area contributed by atoms with Crippen LogP contribution >= 0.6 is 0 Å². The van der Waals surface area contributed by atoms with Gasteiger partial charge in [0.15, 0.2) is 6.19 Å². The molecule has 3 N–H and O–H groups in total. The zero-order valence-electron chi connectivity index (χ0n) is 9.67. The van der Waals surface area contributed by atoms with Gasteiger partial charge in [0.1, 0.15) is 0 Å². The lowest BCUT2D eigenvalue weighted by molar-refractivity contribution is 1.22. The highest BCUT2D eigenvalue weighted by atomic mass is 15.1. The molecule has 0 radical (unpaired) electrons. The molecule has 4 nitrogen and oxygen atoms in total. The molecule has 0 bridgehead atoms. The van der Waals surface area contributed by atoms with Crippen LogP contribution in [-0.2, 0) is 0 Å². The Balaban J connectivity index is 2.21. The van der Waals surface area contributed by atoms with Crippen molar-refractivity contribution in [2.75, 3.05) is 0 Å². The second kappa shape index (κ2) is 5.51. The zero-order valence-corrected chi connectivity index (χ0v) is 9.67. The van der Waals surface area contributed by atoms with Crippen molar-refractivity contribution in [3.63, 3.8) is 0 Å². The fraction of sp³-hybridized carbons (Fsp3) is 0. The largest absolute Gasteiger partial charge is 0.369 e. The predicted molar refractivity (Wildman–Crippen MR) is 71.9 cm³/mol. The second-order valence-electron chi connectivity index (χ2n) is 3.65. The van der Waals surface area contributed by atoms with Crippen LogP contribution in [0.2, 0.25) is 0 Å². The summed E-state index contributed by atoms with van der Waals surface area (Å²) in [6.07, 6.45) is 1.72. The number of nitriles is 1. The number of hydrogen-bond donors (Lipinski definition) is 2. The van der Waals surface area contributed by atoms with Gasteiger partial charge in [0.25, 0.3) is 0 Å². The molecule has 88 valence electrons. The number of guanidine groups is 1. The van der Waals surface area contributed by atoms with Crippen molar-refractivity contribution in [3.8, 4) is 17.3 Å². The molecule has 2 aromatic carbocycles. The van der Waals surface area contributed by atoms with Gasteiger partial charge in [0.2, 0.25) is 5.96 Å². The number of hydrogen-bond acceptors (Lipinski definition) is 2. The molecule has 0 aliphatic carbocycles. The molecule has 2 aromatic rings. The van der Waals surface area contributed by atoms with E-state index in [4.69, 9.17) is 11.0 Å². The molecule has 0 fully saturated rings. The molecule has 18 heavy (non-hydrogen) atoms. The van der Waals surface area contributed by atoms with E-state index in [1.165, 1.54) is 0 Å². The monoisotopic (exact) mass is 236 g/mol. The average molecular weight is 236 g/mol. The number of benzene rings is 2. The number of nitrogens with zero attached hydrogens (tertiary/aromatic N) is 2. The first-order valence-electron chi connectivity index (χ1n) is 5.44. The van der Waals surface area contributed by atoms with Gasteiger partial charge in [-0.2, -0.15) is 5.26 Å². The number of rotatable bonds is 2. The molecule has 0 spiro atoms. The lowest BCUT2D eigenvalue weighted by Gasteiger charge is -2.02. The molecule has 0 aliphatic rings. The molecule has 0 heterocycles. The normalized spacial score (nSPS) is 10.7. The minimum absolute atomic E-state index is 0.0879. The predicted octanol–water partition coefficient (Wildman–Crippen LogP) is 2.37. The second-order valence-corrected chi connectivity index (χ2v) is 3.65. The van der Waals surface area contributed by atoms with Crippen molar-refractivity contribution in [2.45, 2.75) is 0 Å². The molecule has 0 saturated heterocycles. The Morgan fingerprint density at radius 3 is 2.22 bits per heavy atom. The summed E-state index contributed by atoms with van der Waals surface area (Å²) in [5.74, 6) is 0.0879. The van der Waals surface area contributed by atoms with Gasteiger partial charge in [-0.25, -0.2) is 4.99 Å². The van der Waals surface area contributed by atoms with Crippen LogP contribution in [0.1, 0.15) is 0 Å². The summed E-state index contributed by atoms with van der Waals surface area (Å²) in [5, 5.41) is 10.7. The topological polar surface area (TPSA) is 74.2 Å². The highest BCUT2D eigenvalue weighted by Gasteiger charge is 1.97. The lowest BCUT2D eigenvalue weighted by atomic mass is 10.1. The van der Waals surface area contributed by atoms with Crippen LogP contribution in [0.5, 0.6) is 0 Å². The van der Waals surface area contributed by atoms with Crippen LogP contribution in [0, 0.1) is 11.5 Å². The first kappa shape index (κ1) is 11.7. The molecule has 0 unspecified atom stereocenters. The third-order valence-corrected chi connectivity index (χ3v) is 2.41. The van der Waals surface area contributed by atoms with E-state index in [1.54, 1.807) is 6.19 Å². The maximum atomic E-state index is 8.39. The van der Waals surface area contributed by atoms with Crippen LogP contribution < -0.4 is 11.1 Å². The highest BCUT2D eigenvalue weighted by molar-refractivity contribution is 5.82. The van der Waals surface area contributed by atoms with E-state index in [2.05, 4.69) is 10.3 Å². The van der Waals surface area contributed by atoms with E-state index >= 15 is 0 Å². The van der Waals surface area contributed by atoms with E-state index in [0.29, 0.717) is 5.69 Å². The minimum atomic E-state index is 0.0879. The Morgan fingerprint density at radius 2 is 1.61 bits per heavy atom. The van der Waals surface area contributed by atoms with Gasteiger partial charge in [-0.15, -0.1) is 0 Å². The number of nitrogens with two attached hydrogens (primary N) is 1. The summed E-state index contributed by atoms with van der Waals surface area (Å²) >= 11 is 0. The van der Waals surface area contributed by atoms with E-state index < -0.39 is 0 Å². The molecule has 4 heteroatoms. The van der Waals surface area contributed by atoms with Crippen LogP contribution in [-0.4, -0.2) is 5.96 Å². The van der Waals surface area contributed by atoms with E-state index in [9.17, 15) is 0 Å². The molecule has 0 aliphatic heterocycles. The van der Waals surface area contributed by atoms with Gasteiger partial charge in [-0.3, -0.25) is 5.32 Å². The van der Waals surface area contributed by atoms with Crippen molar-refractivity contribution in [1.82, 2.24) is 5.32 Å². The van der Waals surface area contributed by atoms with Crippen LogP contribution in [0.15, 0.2) is 59.6 Å². The third-order valence-electron chi connectivity index (χ3n) is 2.41. The minimum Gasteiger partial charge on any atom is -0.369 e. The molecule has 2 rings (SSSR count). The first-order chi connectivity index (χ1) is 8.79. The lowest BCUT2D eigenvalue weighted by Crippen LogP contribution is -2.26. The van der Waals surface area contributed by atoms with E-state index in [1.807, 2.05) is 54.6 Å². The SMILES string of the molecule is N#CNC(N)=Nc1ccc(-c2ccccc2)cc1. The average Bonchev–Trinajstić information content (AvgIpc) is 2.41. The van der Waals surface area contributed by atoms with Crippen LogP contribution in [0.25, 0.3) is 11.1 Å². The van der Waals surface area contributed by atoms with E-state index in [-0.39, 0.29) is 5.96 Å². The molecule has 0 atom stereocenters. The Hall–Kier alpha value is -2.80. The Kier molecular flexibility index (Phi) is 3.57. The van der Waals surface area contributed by atoms with Gasteiger partial charge < -0.3 is 5.73 Å². The van der Waals surface area contributed by atoms with Gasteiger partial charge in [-0.05, 0) is 23.3 Å². The standard InChI is InChI=1S/C14H12N4/c15-10-17-14(16)18-13-8-6-12(7-9-13)11-4-2-1-3-5-11/h1-9H,(H3,16,17,18). The highest BCUT2D eigenvalue weighted by Crippen LogP contribution is 2.22. The van der Waals surface area contributed by atoms with Crippen molar-refractivity contribution in [1.29, 1.82) is 5.26 Å². The maximum Gasteiger partial charge on any atom is 0.207 e. The van der Waals surface area contributed by atoms with Crippen molar-refractivity contribution in [3.05, 3.63) is 54.6 Å². The quantitative estimate of drug-likeness (QED) is 0.364. The first-order valence-corrected chi connectivity index (χ1v) is 5.44. The van der Waals surface area contributed by atoms with Crippen LogP contribution in [0.3, 0.4) is 0 Å². The Morgan fingerprint density at radius 1 is 1.00 bits per heavy atom. The fourth-order valence-corrected chi connectivity index (χ4v) is 1.58. The summed E-state index contributed by atoms with van der Waals surface area (Å²) in [7, 11) is 0. The number of nitrogens with one attached hydrogen (secondary N) is 1. The van der Waals surface area contributed by atoms with Crippen LogP contribution in [0.4, 0.5) is 5.69 Å². The summed E-state index contributed by atoms with van der Waals surface area (Å²) in [4.78, 5) is 4.04. The Bertz CT molecular complexity index is 579.